The summed E-state index contributed by atoms with van der Waals surface area (Å²) >= 11 is 0. The Morgan fingerprint density at radius 2 is 2.12 bits per heavy atom. The number of anilines is 1. The lowest BCUT2D eigenvalue weighted by molar-refractivity contribution is 0.0332. The fraction of sp³-hybridized carbons (Fsp3) is 0.417. The third-order valence-electron chi connectivity index (χ3n) is 2.11. The van der Waals surface area contributed by atoms with Gasteiger partial charge in [0.05, 0.1) is 13.7 Å². The fourth-order valence-corrected chi connectivity index (χ4v) is 1.29. The lowest BCUT2D eigenvalue weighted by atomic mass is 10.2. The van der Waals surface area contributed by atoms with Crippen LogP contribution in [0.15, 0.2) is 18.2 Å². The van der Waals surface area contributed by atoms with Crippen LogP contribution in [0.3, 0.4) is 0 Å². The molecular weight excluding hydrogens is 222 g/mol. The van der Waals surface area contributed by atoms with E-state index in [1.165, 1.54) is 7.11 Å². The molecule has 5 heteroatoms. The molecule has 0 saturated heterocycles. The van der Waals surface area contributed by atoms with E-state index >= 15 is 0 Å². The maximum atomic E-state index is 11.7. The minimum Gasteiger partial charge on any atom is -0.496 e. The van der Waals surface area contributed by atoms with Gasteiger partial charge in [0.1, 0.15) is 17.9 Å². The van der Waals surface area contributed by atoms with Gasteiger partial charge in [0.15, 0.2) is 0 Å². The number of nitrogens with two attached hydrogens (primary N) is 1. The Balaban J connectivity index is 2.62. The van der Waals surface area contributed by atoms with E-state index < -0.39 is 5.97 Å². The van der Waals surface area contributed by atoms with Gasteiger partial charge in [-0.3, -0.25) is 0 Å². The van der Waals surface area contributed by atoms with E-state index in [-0.39, 0.29) is 6.61 Å². The number of hydrogen-bond donors (Lipinski definition) is 1. The van der Waals surface area contributed by atoms with E-state index in [1.54, 1.807) is 18.2 Å². The molecule has 0 unspecified atom stereocenters. The van der Waals surface area contributed by atoms with Crippen LogP contribution in [0.25, 0.3) is 0 Å². The molecule has 0 spiro atoms. The Kier molecular flexibility index (Phi) is 5.29. The van der Waals surface area contributed by atoms with E-state index in [1.807, 2.05) is 6.92 Å². The Morgan fingerprint density at radius 1 is 1.35 bits per heavy atom. The number of nitrogen functional groups attached to an aromatic ring is 1. The molecule has 0 aliphatic rings. The molecule has 5 nitrogen and oxygen atoms in total. The van der Waals surface area contributed by atoms with E-state index in [0.717, 1.165) is 0 Å². The van der Waals surface area contributed by atoms with Crippen molar-refractivity contribution in [2.24, 2.45) is 0 Å². The molecule has 2 N–H and O–H groups in total. The number of rotatable bonds is 6. The van der Waals surface area contributed by atoms with Crippen molar-refractivity contribution in [1.82, 2.24) is 0 Å². The molecule has 0 fully saturated rings. The van der Waals surface area contributed by atoms with Gasteiger partial charge in [0, 0.05) is 18.4 Å². The number of methoxy groups -OCH3 is 1. The lowest BCUT2D eigenvalue weighted by Gasteiger charge is -2.09. The van der Waals surface area contributed by atoms with Crippen LogP contribution < -0.4 is 10.5 Å². The molecule has 0 bridgehead atoms. The predicted molar refractivity (Wildman–Crippen MR) is 64.2 cm³/mol. The van der Waals surface area contributed by atoms with E-state index in [0.29, 0.717) is 30.2 Å². The molecule has 0 aliphatic heterocycles. The summed E-state index contributed by atoms with van der Waals surface area (Å²) in [5, 5.41) is 0. The maximum Gasteiger partial charge on any atom is 0.342 e. The van der Waals surface area contributed by atoms with Crippen LogP contribution >= 0.6 is 0 Å². The van der Waals surface area contributed by atoms with Crippen LogP contribution in [0.1, 0.15) is 17.3 Å². The molecule has 1 aromatic rings. The Hall–Kier alpha value is -1.75. The second kappa shape index (κ2) is 6.75. The van der Waals surface area contributed by atoms with Crippen molar-refractivity contribution >= 4 is 11.7 Å². The van der Waals surface area contributed by atoms with Crippen molar-refractivity contribution in [3.05, 3.63) is 23.8 Å². The van der Waals surface area contributed by atoms with Gasteiger partial charge >= 0.3 is 5.97 Å². The average Bonchev–Trinajstić information content (AvgIpc) is 2.34. The quantitative estimate of drug-likeness (QED) is 0.462. The molecule has 0 saturated carbocycles. The first-order chi connectivity index (χ1) is 8.19. The largest absolute Gasteiger partial charge is 0.496 e. The van der Waals surface area contributed by atoms with Crippen LogP contribution in [-0.4, -0.2) is 32.9 Å². The highest BCUT2D eigenvalue weighted by Crippen LogP contribution is 2.22. The number of hydrogen-bond acceptors (Lipinski definition) is 5. The first-order valence-corrected chi connectivity index (χ1v) is 5.37. The summed E-state index contributed by atoms with van der Waals surface area (Å²) in [5.41, 5.74) is 6.49. The monoisotopic (exact) mass is 239 g/mol. The molecule has 0 aromatic heterocycles. The SMILES string of the molecule is CCOCCOC(=O)c1ccc(N)cc1OC. The van der Waals surface area contributed by atoms with Gasteiger partial charge in [0.2, 0.25) is 0 Å². The normalized spacial score (nSPS) is 10.0. The smallest absolute Gasteiger partial charge is 0.342 e. The molecular formula is C12H17NO4. The van der Waals surface area contributed by atoms with E-state index in [4.69, 9.17) is 19.9 Å². The average molecular weight is 239 g/mol. The first kappa shape index (κ1) is 13.3. The van der Waals surface area contributed by atoms with Gasteiger partial charge in [-0.1, -0.05) is 0 Å². The van der Waals surface area contributed by atoms with Crippen LogP contribution in [0.2, 0.25) is 0 Å². The number of carbonyl (C=O) groups excluding carboxylic acids is 1. The molecule has 0 amide bonds. The third kappa shape index (κ3) is 3.96. The highest BCUT2D eigenvalue weighted by molar-refractivity contribution is 5.93. The van der Waals surface area contributed by atoms with Crippen LogP contribution in [0.4, 0.5) is 5.69 Å². The number of carbonyl (C=O) groups is 1. The summed E-state index contributed by atoms with van der Waals surface area (Å²) in [6, 6.07) is 4.79. The van der Waals surface area contributed by atoms with Crippen molar-refractivity contribution in [2.45, 2.75) is 6.92 Å². The van der Waals surface area contributed by atoms with Gasteiger partial charge in [-0.25, -0.2) is 4.79 Å². The van der Waals surface area contributed by atoms with Crippen LogP contribution in [0.5, 0.6) is 5.75 Å². The third-order valence-corrected chi connectivity index (χ3v) is 2.11. The number of benzene rings is 1. The highest BCUT2D eigenvalue weighted by atomic mass is 16.6. The zero-order chi connectivity index (χ0) is 12.7. The Morgan fingerprint density at radius 3 is 2.76 bits per heavy atom. The van der Waals surface area contributed by atoms with Gasteiger partial charge in [-0.15, -0.1) is 0 Å². The molecule has 1 rings (SSSR count). The van der Waals surface area contributed by atoms with Crippen molar-refractivity contribution in [3.63, 3.8) is 0 Å². The summed E-state index contributed by atoms with van der Waals surface area (Å²) in [5.74, 6) is -0.0343. The standard InChI is InChI=1S/C12H17NO4/c1-3-16-6-7-17-12(14)10-5-4-9(13)8-11(10)15-2/h4-5,8H,3,6-7,13H2,1-2H3. The molecule has 0 heterocycles. The minimum absolute atomic E-state index is 0.222. The molecule has 0 aliphatic carbocycles. The van der Waals surface area contributed by atoms with E-state index in [2.05, 4.69) is 0 Å². The molecule has 0 radical (unpaired) electrons. The van der Waals surface area contributed by atoms with Gasteiger partial charge in [0.25, 0.3) is 0 Å². The van der Waals surface area contributed by atoms with Crippen LogP contribution in [-0.2, 0) is 9.47 Å². The Bertz CT molecular complexity index is 379. The van der Waals surface area contributed by atoms with Gasteiger partial charge in [-0.05, 0) is 19.1 Å². The highest BCUT2D eigenvalue weighted by Gasteiger charge is 2.13. The summed E-state index contributed by atoms with van der Waals surface area (Å²) in [6.45, 7) is 3.09. The molecule has 94 valence electrons. The van der Waals surface area contributed by atoms with Crippen molar-refractivity contribution in [1.29, 1.82) is 0 Å². The topological polar surface area (TPSA) is 70.8 Å². The second-order valence-electron chi connectivity index (χ2n) is 3.29. The van der Waals surface area contributed by atoms with Crippen molar-refractivity contribution in [2.75, 3.05) is 32.7 Å². The predicted octanol–water partition coefficient (Wildman–Crippen LogP) is 1.47. The fourth-order valence-electron chi connectivity index (χ4n) is 1.29. The summed E-state index contributed by atoms with van der Waals surface area (Å²) in [7, 11) is 1.48. The lowest BCUT2D eigenvalue weighted by Crippen LogP contribution is -2.12. The molecule has 17 heavy (non-hydrogen) atoms. The summed E-state index contributed by atoms with van der Waals surface area (Å²) in [6.07, 6.45) is 0. The minimum atomic E-state index is -0.443. The summed E-state index contributed by atoms with van der Waals surface area (Å²) < 4.78 is 15.2. The zero-order valence-electron chi connectivity index (χ0n) is 10.1. The molecule has 0 atom stereocenters. The number of ether oxygens (including phenoxy) is 3. The van der Waals surface area contributed by atoms with Crippen molar-refractivity contribution < 1.29 is 19.0 Å². The zero-order valence-corrected chi connectivity index (χ0v) is 10.1. The van der Waals surface area contributed by atoms with Crippen LogP contribution in [0, 0.1) is 0 Å². The van der Waals surface area contributed by atoms with Gasteiger partial charge < -0.3 is 19.9 Å². The second-order valence-corrected chi connectivity index (χ2v) is 3.29. The maximum absolute atomic E-state index is 11.7. The number of esters is 1. The first-order valence-electron chi connectivity index (χ1n) is 5.37. The summed E-state index contributed by atoms with van der Waals surface area (Å²) in [4.78, 5) is 11.7. The van der Waals surface area contributed by atoms with E-state index in [9.17, 15) is 4.79 Å². The van der Waals surface area contributed by atoms with Crippen molar-refractivity contribution in [3.8, 4) is 5.75 Å². The van der Waals surface area contributed by atoms with Gasteiger partial charge in [-0.2, -0.15) is 0 Å². The Labute approximate surface area is 100 Å². The molecule has 1 aromatic carbocycles.